The molecule has 7 heteroatoms. The standard InChI is InChI=1S/C13H17N5O2/c1-18-9-15-17-12(18)7-14-8-13(19)16-10-4-3-5-11(6-10)20-2/h3-6,9,14H,7-8H2,1-2H3,(H,16,19). The molecule has 0 atom stereocenters. The third-order valence-corrected chi connectivity index (χ3v) is 2.73. The van der Waals surface area contributed by atoms with Gasteiger partial charge in [0.1, 0.15) is 17.9 Å². The highest BCUT2D eigenvalue weighted by molar-refractivity contribution is 5.92. The van der Waals surface area contributed by atoms with Crippen LogP contribution in [0.4, 0.5) is 5.69 Å². The third-order valence-electron chi connectivity index (χ3n) is 2.73. The van der Waals surface area contributed by atoms with Gasteiger partial charge in [0.2, 0.25) is 5.91 Å². The van der Waals surface area contributed by atoms with Gasteiger partial charge < -0.3 is 19.9 Å². The summed E-state index contributed by atoms with van der Waals surface area (Å²) in [5.41, 5.74) is 0.704. The Balaban J connectivity index is 1.79. The van der Waals surface area contributed by atoms with Crippen LogP contribution >= 0.6 is 0 Å². The van der Waals surface area contributed by atoms with Crippen molar-refractivity contribution in [1.82, 2.24) is 20.1 Å². The van der Waals surface area contributed by atoms with Crippen molar-refractivity contribution in [2.45, 2.75) is 6.54 Å². The molecule has 0 saturated heterocycles. The van der Waals surface area contributed by atoms with Gasteiger partial charge in [-0.05, 0) is 12.1 Å². The molecule has 0 bridgehead atoms. The Kier molecular flexibility index (Phi) is 4.67. The van der Waals surface area contributed by atoms with Crippen LogP contribution in [0, 0.1) is 0 Å². The van der Waals surface area contributed by atoms with Crippen molar-refractivity contribution in [3.63, 3.8) is 0 Å². The van der Waals surface area contributed by atoms with Crippen LogP contribution in [0.15, 0.2) is 30.6 Å². The van der Waals surface area contributed by atoms with Gasteiger partial charge in [-0.15, -0.1) is 10.2 Å². The third kappa shape index (κ3) is 3.79. The number of carbonyl (C=O) groups is 1. The lowest BCUT2D eigenvalue weighted by Gasteiger charge is -2.07. The van der Waals surface area contributed by atoms with Gasteiger partial charge in [0.25, 0.3) is 0 Å². The zero-order valence-corrected chi connectivity index (χ0v) is 11.5. The SMILES string of the molecule is COc1cccc(NC(=O)CNCc2nncn2C)c1. The maximum absolute atomic E-state index is 11.8. The van der Waals surface area contributed by atoms with Crippen molar-refractivity contribution in [2.75, 3.05) is 19.0 Å². The summed E-state index contributed by atoms with van der Waals surface area (Å²) >= 11 is 0. The average molecular weight is 275 g/mol. The van der Waals surface area contributed by atoms with E-state index >= 15 is 0 Å². The van der Waals surface area contributed by atoms with Gasteiger partial charge >= 0.3 is 0 Å². The molecule has 2 rings (SSSR count). The number of hydrogen-bond acceptors (Lipinski definition) is 5. The highest BCUT2D eigenvalue weighted by atomic mass is 16.5. The molecule has 1 aromatic heterocycles. The fourth-order valence-electron chi connectivity index (χ4n) is 1.66. The first-order valence-electron chi connectivity index (χ1n) is 6.16. The smallest absolute Gasteiger partial charge is 0.238 e. The normalized spacial score (nSPS) is 10.3. The second-order valence-corrected chi connectivity index (χ2v) is 4.24. The lowest BCUT2D eigenvalue weighted by molar-refractivity contribution is -0.115. The molecular weight excluding hydrogens is 258 g/mol. The first-order chi connectivity index (χ1) is 9.69. The first kappa shape index (κ1) is 14.0. The fourth-order valence-corrected chi connectivity index (χ4v) is 1.66. The lowest BCUT2D eigenvalue weighted by atomic mass is 10.3. The summed E-state index contributed by atoms with van der Waals surface area (Å²) < 4.78 is 6.89. The van der Waals surface area contributed by atoms with Crippen LogP contribution in [0.5, 0.6) is 5.75 Å². The number of methoxy groups -OCH3 is 1. The van der Waals surface area contributed by atoms with Crippen LogP contribution < -0.4 is 15.4 Å². The van der Waals surface area contributed by atoms with E-state index in [0.29, 0.717) is 18.0 Å². The second-order valence-electron chi connectivity index (χ2n) is 4.24. The number of carbonyl (C=O) groups excluding carboxylic acids is 1. The Morgan fingerprint density at radius 3 is 3.00 bits per heavy atom. The van der Waals surface area contributed by atoms with Crippen molar-refractivity contribution >= 4 is 11.6 Å². The van der Waals surface area contributed by atoms with Gasteiger partial charge in [0, 0.05) is 18.8 Å². The Hall–Kier alpha value is -2.41. The van der Waals surface area contributed by atoms with Crippen LogP contribution in [-0.2, 0) is 18.4 Å². The van der Waals surface area contributed by atoms with E-state index in [4.69, 9.17) is 4.74 Å². The summed E-state index contributed by atoms with van der Waals surface area (Å²) in [5, 5.41) is 13.5. The number of nitrogens with one attached hydrogen (secondary N) is 2. The van der Waals surface area contributed by atoms with E-state index in [2.05, 4.69) is 20.8 Å². The molecule has 7 nitrogen and oxygen atoms in total. The van der Waals surface area contributed by atoms with E-state index in [1.165, 1.54) is 0 Å². The van der Waals surface area contributed by atoms with Crippen molar-refractivity contribution in [3.8, 4) is 5.75 Å². The number of ether oxygens (including phenoxy) is 1. The molecular formula is C13H17N5O2. The molecule has 2 N–H and O–H groups in total. The Morgan fingerprint density at radius 1 is 1.45 bits per heavy atom. The van der Waals surface area contributed by atoms with Crippen molar-refractivity contribution in [1.29, 1.82) is 0 Å². The Labute approximate surface area is 117 Å². The van der Waals surface area contributed by atoms with Crippen LogP contribution in [0.2, 0.25) is 0 Å². The minimum atomic E-state index is -0.125. The summed E-state index contributed by atoms with van der Waals surface area (Å²) in [4.78, 5) is 11.8. The molecule has 2 aromatic rings. The summed E-state index contributed by atoms with van der Waals surface area (Å²) in [6, 6.07) is 7.22. The number of rotatable bonds is 6. The molecule has 106 valence electrons. The molecule has 0 spiro atoms. The molecule has 0 unspecified atom stereocenters. The summed E-state index contributed by atoms with van der Waals surface area (Å²) in [5.74, 6) is 1.36. The summed E-state index contributed by atoms with van der Waals surface area (Å²) in [6.45, 7) is 0.687. The molecule has 0 fully saturated rings. The quantitative estimate of drug-likeness (QED) is 0.804. The topological polar surface area (TPSA) is 81.1 Å². The number of anilines is 1. The molecule has 0 radical (unpaired) electrons. The molecule has 20 heavy (non-hydrogen) atoms. The average Bonchev–Trinajstić information content (AvgIpc) is 2.85. The van der Waals surface area contributed by atoms with E-state index in [0.717, 1.165) is 5.82 Å². The molecule has 0 aliphatic heterocycles. The molecule has 1 heterocycles. The van der Waals surface area contributed by atoms with Gasteiger partial charge in [-0.3, -0.25) is 4.79 Å². The Bertz CT molecular complexity index is 582. The number of benzene rings is 1. The van der Waals surface area contributed by atoms with E-state index in [1.54, 1.807) is 24.1 Å². The van der Waals surface area contributed by atoms with Crippen molar-refractivity contribution in [3.05, 3.63) is 36.4 Å². The molecule has 0 saturated carbocycles. The zero-order valence-electron chi connectivity index (χ0n) is 11.5. The predicted molar refractivity (Wildman–Crippen MR) is 74.3 cm³/mol. The van der Waals surface area contributed by atoms with Crippen molar-refractivity contribution in [2.24, 2.45) is 7.05 Å². The van der Waals surface area contributed by atoms with E-state index in [9.17, 15) is 4.79 Å². The largest absolute Gasteiger partial charge is 0.497 e. The first-order valence-corrected chi connectivity index (χ1v) is 6.16. The van der Waals surface area contributed by atoms with Crippen LogP contribution in [0.3, 0.4) is 0 Å². The number of hydrogen-bond donors (Lipinski definition) is 2. The number of aryl methyl sites for hydroxylation is 1. The van der Waals surface area contributed by atoms with Crippen LogP contribution in [-0.4, -0.2) is 34.3 Å². The van der Waals surface area contributed by atoms with Crippen molar-refractivity contribution < 1.29 is 9.53 Å². The number of amides is 1. The van der Waals surface area contributed by atoms with Gasteiger partial charge in [0.05, 0.1) is 20.2 Å². The second kappa shape index (κ2) is 6.67. The zero-order chi connectivity index (χ0) is 14.4. The van der Waals surface area contributed by atoms with Gasteiger partial charge in [0.15, 0.2) is 0 Å². The minimum absolute atomic E-state index is 0.125. The highest BCUT2D eigenvalue weighted by Crippen LogP contribution is 2.16. The molecule has 0 aliphatic rings. The van der Waals surface area contributed by atoms with Crippen LogP contribution in [0.1, 0.15) is 5.82 Å². The summed E-state index contributed by atoms with van der Waals surface area (Å²) in [6.07, 6.45) is 1.62. The van der Waals surface area contributed by atoms with E-state index < -0.39 is 0 Å². The molecule has 0 aliphatic carbocycles. The van der Waals surface area contributed by atoms with Gasteiger partial charge in [-0.25, -0.2) is 0 Å². The summed E-state index contributed by atoms with van der Waals surface area (Å²) in [7, 11) is 3.44. The maximum atomic E-state index is 11.8. The number of nitrogens with zero attached hydrogens (tertiary/aromatic N) is 3. The monoisotopic (exact) mass is 275 g/mol. The maximum Gasteiger partial charge on any atom is 0.238 e. The molecule has 1 amide bonds. The predicted octanol–water partition coefficient (Wildman–Crippen LogP) is 0.552. The minimum Gasteiger partial charge on any atom is -0.497 e. The Morgan fingerprint density at radius 2 is 2.30 bits per heavy atom. The number of aromatic nitrogens is 3. The fraction of sp³-hybridized carbons (Fsp3) is 0.308. The van der Waals surface area contributed by atoms with E-state index in [-0.39, 0.29) is 12.5 Å². The van der Waals surface area contributed by atoms with Gasteiger partial charge in [-0.2, -0.15) is 0 Å². The molecule has 1 aromatic carbocycles. The van der Waals surface area contributed by atoms with Gasteiger partial charge in [-0.1, -0.05) is 6.07 Å². The highest BCUT2D eigenvalue weighted by Gasteiger charge is 2.04. The van der Waals surface area contributed by atoms with Crippen LogP contribution in [0.25, 0.3) is 0 Å². The lowest BCUT2D eigenvalue weighted by Crippen LogP contribution is -2.28. The van der Waals surface area contributed by atoms with E-state index in [1.807, 2.05) is 25.2 Å².